The smallest absolute Gasteiger partial charge is 0.191 e. The van der Waals surface area contributed by atoms with Crippen LogP contribution >= 0.6 is 35.3 Å². The van der Waals surface area contributed by atoms with Crippen molar-refractivity contribution in [3.8, 4) is 5.75 Å². The fourth-order valence-electron chi connectivity index (χ4n) is 3.06. The van der Waals surface area contributed by atoms with Crippen molar-refractivity contribution in [1.82, 2.24) is 10.6 Å². The molecule has 142 valence electrons. The molecule has 0 amide bonds. The number of aliphatic imine (C=N–C) groups is 1. The van der Waals surface area contributed by atoms with Gasteiger partial charge in [0.05, 0.1) is 19.3 Å². The summed E-state index contributed by atoms with van der Waals surface area (Å²) in [7, 11) is 1.73. The fraction of sp³-hybridized carbons (Fsp3) is 0.421. The van der Waals surface area contributed by atoms with Gasteiger partial charge in [-0.15, -0.1) is 35.3 Å². The van der Waals surface area contributed by atoms with Crippen LogP contribution in [0.5, 0.6) is 5.75 Å². The summed E-state index contributed by atoms with van der Waals surface area (Å²) in [6, 6.07) is 12.8. The second kappa shape index (κ2) is 10.6. The van der Waals surface area contributed by atoms with Crippen molar-refractivity contribution >= 4 is 47.0 Å². The van der Waals surface area contributed by atoms with Gasteiger partial charge in [0.15, 0.2) is 5.96 Å². The van der Waals surface area contributed by atoms with Crippen LogP contribution in [0.4, 0.5) is 5.69 Å². The molecule has 1 aliphatic rings. The lowest BCUT2D eigenvalue weighted by molar-refractivity contribution is 0.415. The number of nitrogens with zero attached hydrogens (tertiary/aromatic N) is 2. The molecule has 1 aromatic heterocycles. The quantitative estimate of drug-likeness (QED) is 0.372. The summed E-state index contributed by atoms with van der Waals surface area (Å²) in [6.45, 7) is 5.64. The molecule has 1 atom stereocenters. The van der Waals surface area contributed by atoms with Gasteiger partial charge >= 0.3 is 0 Å². The zero-order valence-corrected chi connectivity index (χ0v) is 18.4. The molecule has 5 nitrogen and oxygen atoms in total. The summed E-state index contributed by atoms with van der Waals surface area (Å²) in [5.74, 6) is 1.82. The van der Waals surface area contributed by atoms with Crippen molar-refractivity contribution in [2.24, 2.45) is 4.99 Å². The molecule has 0 spiro atoms. The van der Waals surface area contributed by atoms with E-state index in [4.69, 9.17) is 9.73 Å². The number of halogens is 1. The summed E-state index contributed by atoms with van der Waals surface area (Å²) in [6.07, 6.45) is 1.08. The van der Waals surface area contributed by atoms with Gasteiger partial charge in [-0.05, 0) is 36.9 Å². The molecule has 2 heterocycles. The minimum atomic E-state index is 0. The topological polar surface area (TPSA) is 48.9 Å². The number of anilines is 1. The van der Waals surface area contributed by atoms with Crippen LogP contribution in [0.25, 0.3) is 0 Å². The van der Waals surface area contributed by atoms with Crippen LogP contribution in [0, 0.1) is 0 Å². The number of methoxy groups -OCH3 is 1. The van der Waals surface area contributed by atoms with E-state index in [0.29, 0.717) is 6.04 Å². The van der Waals surface area contributed by atoms with Crippen LogP contribution in [0.3, 0.4) is 0 Å². The Kier molecular flexibility index (Phi) is 8.50. The Morgan fingerprint density at radius 3 is 2.88 bits per heavy atom. The molecular formula is C19H27IN4OS. The Labute approximate surface area is 176 Å². The molecule has 1 aliphatic heterocycles. The van der Waals surface area contributed by atoms with Crippen LogP contribution in [-0.2, 0) is 6.54 Å². The first kappa shape index (κ1) is 20.8. The lowest BCUT2D eigenvalue weighted by atomic mass is 10.2. The zero-order chi connectivity index (χ0) is 17.5. The number of guanidine groups is 1. The third-order valence-corrected chi connectivity index (χ3v) is 5.13. The first-order valence-electron chi connectivity index (χ1n) is 8.75. The summed E-state index contributed by atoms with van der Waals surface area (Å²) < 4.78 is 5.50. The van der Waals surface area contributed by atoms with E-state index in [-0.39, 0.29) is 24.0 Å². The minimum absolute atomic E-state index is 0. The molecule has 26 heavy (non-hydrogen) atoms. The highest BCUT2D eigenvalue weighted by atomic mass is 127. The molecule has 0 aliphatic carbocycles. The van der Waals surface area contributed by atoms with Crippen molar-refractivity contribution in [3.05, 3.63) is 46.7 Å². The third kappa shape index (κ3) is 5.51. The van der Waals surface area contributed by atoms with Crippen LogP contribution in [-0.4, -0.2) is 38.7 Å². The predicted octanol–water partition coefficient (Wildman–Crippen LogP) is 3.71. The standard InChI is InChI=1S/C19H26N4OS.HI/c1-3-20-19(21-13-16-7-6-12-25-16)22-15-10-11-23(14-15)17-8-4-5-9-18(17)24-2;/h4-9,12,15H,3,10-11,13-14H2,1-2H3,(H2,20,21,22);1H. The van der Waals surface area contributed by atoms with Gasteiger partial charge in [-0.25, -0.2) is 4.99 Å². The highest BCUT2D eigenvalue weighted by Crippen LogP contribution is 2.30. The lowest BCUT2D eigenvalue weighted by Gasteiger charge is -2.22. The molecule has 2 aromatic rings. The first-order chi connectivity index (χ1) is 12.3. The first-order valence-corrected chi connectivity index (χ1v) is 9.63. The Morgan fingerprint density at radius 2 is 2.15 bits per heavy atom. The number of hydrogen-bond donors (Lipinski definition) is 2. The second-order valence-corrected chi connectivity index (χ2v) is 7.05. The summed E-state index contributed by atoms with van der Waals surface area (Å²) in [5.41, 5.74) is 1.16. The summed E-state index contributed by atoms with van der Waals surface area (Å²) >= 11 is 1.74. The Hall–Kier alpha value is -1.48. The van der Waals surface area contributed by atoms with Crippen LogP contribution in [0.2, 0.25) is 0 Å². The molecule has 0 saturated carbocycles. The van der Waals surface area contributed by atoms with Gasteiger partial charge in [-0.1, -0.05) is 18.2 Å². The lowest BCUT2D eigenvalue weighted by Crippen LogP contribution is -2.44. The Bertz CT molecular complexity index is 693. The Balaban J connectivity index is 0.00000243. The maximum atomic E-state index is 5.50. The molecule has 2 N–H and O–H groups in total. The molecule has 0 bridgehead atoms. The highest BCUT2D eigenvalue weighted by molar-refractivity contribution is 14.0. The third-order valence-electron chi connectivity index (χ3n) is 4.27. The van der Waals surface area contributed by atoms with Crippen molar-refractivity contribution in [1.29, 1.82) is 0 Å². The van der Waals surface area contributed by atoms with E-state index in [9.17, 15) is 0 Å². The molecular weight excluding hydrogens is 459 g/mol. The van der Waals surface area contributed by atoms with Crippen molar-refractivity contribution in [3.63, 3.8) is 0 Å². The van der Waals surface area contributed by atoms with Gasteiger partial charge in [0, 0.05) is 30.6 Å². The maximum Gasteiger partial charge on any atom is 0.191 e. The molecule has 0 radical (unpaired) electrons. The Morgan fingerprint density at radius 1 is 1.31 bits per heavy atom. The number of ether oxygens (including phenoxy) is 1. The molecule has 1 unspecified atom stereocenters. The fourth-order valence-corrected chi connectivity index (χ4v) is 3.69. The van der Waals surface area contributed by atoms with Crippen LogP contribution in [0.1, 0.15) is 18.2 Å². The molecule has 3 rings (SSSR count). The average molecular weight is 486 g/mol. The highest BCUT2D eigenvalue weighted by Gasteiger charge is 2.25. The van der Waals surface area contributed by atoms with Gasteiger partial charge in [-0.3, -0.25) is 0 Å². The van der Waals surface area contributed by atoms with E-state index < -0.39 is 0 Å². The number of nitrogens with one attached hydrogen (secondary N) is 2. The SMILES string of the molecule is CCNC(=NCc1cccs1)NC1CCN(c2ccccc2OC)C1.I. The normalized spacial score (nSPS) is 16.9. The van der Waals surface area contributed by atoms with E-state index in [1.165, 1.54) is 4.88 Å². The number of hydrogen-bond acceptors (Lipinski definition) is 4. The van der Waals surface area contributed by atoms with Gasteiger partial charge < -0.3 is 20.3 Å². The van der Waals surface area contributed by atoms with E-state index in [0.717, 1.165) is 50.0 Å². The summed E-state index contributed by atoms with van der Waals surface area (Å²) in [5, 5.41) is 9.02. The number of thiophene rings is 1. The van der Waals surface area contributed by atoms with Crippen molar-refractivity contribution in [2.75, 3.05) is 31.6 Å². The number of benzene rings is 1. The maximum absolute atomic E-state index is 5.50. The van der Waals surface area contributed by atoms with Gasteiger partial charge in [0.1, 0.15) is 5.75 Å². The largest absolute Gasteiger partial charge is 0.495 e. The van der Waals surface area contributed by atoms with E-state index >= 15 is 0 Å². The molecule has 7 heteroatoms. The van der Waals surface area contributed by atoms with E-state index in [1.54, 1.807) is 18.4 Å². The average Bonchev–Trinajstić information content (AvgIpc) is 3.32. The van der Waals surface area contributed by atoms with E-state index in [2.05, 4.69) is 52.1 Å². The van der Waals surface area contributed by atoms with Crippen molar-refractivity contribution < 1.29 is 4.74 Å². The second-order valence-electron chi connectivity index (χ2n) is 6.02. The zero-order valence-electron chi connectivity index (χ0n) is 15.3. The predicted molar refractivity (Wildman–Crippen MR) is 121 cm³/mol. The summed E-state index contributed by atoms with van der Waals surface area (Å²) in [4.78, 5) is 8.36. The minimum Gasteiger partial charge on any atom is -0.495 e. The van der Waals surface area contributed by atoms with Gasteiger partial charge in [0.25, 0.3) is 0 Å². The number of para-hydroxylation sites is 2. The van der Waals surface area contributed by atoms with Gasteiger partial charge in [-0.2, -0.15) is 0 Å². The van der Waals surface area contributed by atoms with Crippen molar-refractivity contribution in [2.45, 2.75) is 25.9 Å². The monoisotopic (exact) mass is 486 g/mol. The number of rotatable bonds is 6. The van der Waals surface area contributed by atoms with Gasteiger partial charge in [0.2, 0.25) is 0 Å². The molecule has 1 saturated heterocycles. The van der Waals surface area contributed by atoms with Crippen LogP contribution < -0.4 is 20.3 Å². The molecule has 1 fully saturated rings. The van der Waals surface area contributed by atoms with Crippen LogP contribution in [0.15, 0.2) is 46.8 Å². The molecule has 1 aromatic carbocycles. The van der Waals surface area contributed by atoms with E-state index in [1.807, 2.05) is 12.1 Å².